The molecule has 14 heavy (non-hydrogen) atoms. The smallest absolute Gasteiger partial charge is 0.141 e. The van der Waals surface area contributed by atoms with Crippen LogP contribution in [0, 0.1) is 11.3 Å². The maximum atomic E-state index is 12.0. The molecule has 0 amide bonds. The van der Waals surface area contributed by atoms with Gasteiger partial charge in [-0.05, 0) is 12.3 Å². The van der Waals surface area contributed by atoms with Gasteiger partial charge in [0.05, 0.1) is 12.0 Å². The van der Waals surface area contributed by atoms with Gasteiger partial charge in [-0.3, -0.25) is 4.79 Å². The molecule has 0 heterocycles. The topological polar surface area (TPSA) is 26.3 Å². The van der Waals surface area contributed by atoms with Crippen molar-refractivity contribution >= 4 is 5.78 Å². The summed E-state index contributed by atoms with van der Waals surface area (Å²) in [6.07, 6.45) is 2.58. The van der Waals surface area contributed by atoms with E-state index in [4.69, 9.17) is 4.74 Å². The van der Waals surface area contributed by atoms with Crippen molar-refractivity contribution in [3.8, 4) is 0 Å². The fourth-order valence-electron chi connectivity index (χ4n) is 2.13. The molecule has 0 rings (SSSR count). The standard InChI is InChI=1S/C12H24O2/c1-6-8-12(9-14-5,10(3)4)11(13)7-2/h10H,6-9H2,1-5H3. The van der Waals surface area contributed by atoms with E-state index in [1.54, 1.807) is 7.11 Å². The molecule has 0 saturated heterocycles. The first-order chi connectivity index (χ1) is 6.55. The average Bonchev–Trinajstić information content (AvgIpc) is 2.15. The first-order valence-corrected chi connectivity index (χ1v) is 5.57. The molecule has 0 aliphatic carbocycles. The Balaban J connectivity index is 4.82. The van der Waals surface area contributed by atoms with Crippen molar-refractivity contribution < 1.29 is 9.53 Å². The van der Waals surface area contributed by atoms with E-state index in [0.717, 1.165) is 12.8 Å². The molecule has 1 unspecified atom stereocenters. The van der Waals surface area contributed by atoms with Gasteiger partial charge in [-0.15, -0.1) is 0 Å². The largest absolute Gasteiger partial charge is 0.384 e. The zero-order valence-electron chi connectivity index (χ0n) is 10.2. The van der Waals surface area contributed by atoms with Crippen LogP contribution in [0.5, 0.6) is 0 Å². The average molecular weight is 200 g/mol. The monoisotopic (exact) mass is 200 g/mol. The minimum absolute atomic E-state index is 0.252. The Labute approximate surface area is 88.0 Å². The number of ether oxygens (including phenoxy) is 1. The summed E-state index contributed by atoms with van der Waals surface area (Å²) in [7, 11) is 1.68. The van der Waals surface area contributed by atoms with Gasteiger partial charge in [0.2, 0.25) is 0 Å². The maximum Gasteiger partial charge on any atom is 0.141 e. The van der Waals surface area contributed by atoms with Gasteiger partial charge >= 0.3 is 0 Å². The lowest BCUT2D eigenvalue weighted by Crippen LogP contribution is -2.40. The van der Waals surface area contributed by atoms with E-state index in [9.17, 15) is 4.79 Å². The van der Waals surface area contributed by atoms with E-state index in [0.29, 0.717) is 24.7 Å². The van der Waals surface area contributed by atoms with Crippen molar-refractivity contribution in [2.45, 2.75) is 47.0 Å². The molecule has 0 N–H and O–H groups in total. The van der Waals surface area contributed by atoms with E-state index >= 15 is 0 Å². The molecule has 0 aromatic carbocycles. The number of hydrogen-bond acceptors (Lipinski definition) is 2. The zero-order valence-corrected chi connectivity index (χ0v) is 10.2. The highest BCUT2D eigenvalue weighted by Gasteiger charge is 2.39. The summed E-state index contributed by atoms with van der Waals surface area (Å²) < 4.78 is 5.22. The molecule has 0 spiro atoms. The molecule has 1 atom stereocenters. The molecular formula is C12H24O2. The zero-order chi connectivity index (χ0) is 11.2. The predicted molar refractivity (Wildman–Crippen MR) is 59.4 cm³/mol. The van der Waals surface area contributed by atoms with Gasteiger partial charge in [0, 0.05) is 13.5 Å². The van der Waals surface area contributed by atoms with Gasteiger partial charge in [0.25, 0.3) is 0 Å². The highest BCUT2D eigenvalue weighted by atomic mass is 16.5. The van der Waals surface area contributed by atoms with E-state index in [1.165, 1.54) is 0 Å². The SMILES string of the molecule is CCCC(COC)(C(=O)CC)C(C)C. The van der Waals surface area contributed by atoms with Crippen LogP contribution in [0.1, 0.15) is 47.0 Å². The Hall–Kier alpha value is -0.370. The molecule has 0 radical (unpaired) electrons. The number of ketones is 1. The van der Waals surface area contributed by atoms with E-state index in [1.807, 2.05) is 6.92 Å². The van der Waals surface area contributed by atoms with Gasteiger partial charge < -0.3 is 4.74 Å². The van der Waals surface area contributed by atoms with Crippen LogP contribution in [-0.2, 0) is 9.53 Å². The summed E-state index contributed by atoms with van der Waals surface area (Å²) in [4.78, 5) is 12.0. The van der Waals surface area contributed by atoms with Gasteiger partial charge in [-0.2, -0.15) is 0 Å². The van der Waals surface area contributed by atoms with Crippen LogP contribution in [0.15, 0.2) is 0 Å². The number of carbonyl (C=O) groups excluding carboxylic acids is 1. The fraction of sp³-hybridized carbons (Fsp3) is 0.917. The van der Waals surface area contributed by atoms with Gasteiger partial charge in [-0.1, -0.05) is 34.1 Å². The quantitative estimate of drug-likeness (QED) is 0.631. The minimum atomic E-state index is -0.252. The van der Waals surface area contributed by atoms with Crippen LogP contribution in [0.4, 0.5) is 0 Å². The molecule has 0 fully saturated rings. The summed E-state index contributed by atoms with van der Waals surface area (Å²) >= 11 is 0. The second kappa shape index (κ2) is 6.18. The number of rotatable bonds is 7. The molecule has 0 bridgehead atoms. The summed E-state index contributed by atoms with van der Waals surface area (Å²) in [5.41, 5.74) is -0.252. The lowest BCUT2D eigenvalue weighted by atomic mass is 9.70. The highest BCUT2D eigenvalue weighted by Crippen LogP contribution is 2.35. The van der Waals surface area contributed by atoms with Gasteiger partial charge in [-0.25, -0.2) is 0 Å². The number of methoxy groups -OCH3 is 1. The summed E-state index contributed by atoms with van der Waals surface area (Å²) in [5, 5.41) is 0. The lowest BCUT2D eigenvalue weighted by molar-refractivity contribution is -0.135. The first kappa shape index (κ1) is 13.6. The Kier molecular flexibility index (Phi) is 6.01. The van der Waals surface area contributed by atoms with E-state index < -0.39 is 0 Å². The van der Waals surface area contributed by atoms with Crippen molar-refractivity contribution in [3.05, 3.63) is 0 Å². The van der Waals surface area contributed by atoms with Crippen LogP contribution in [0.2, 0.25) is 0 Å². The molecule has 0 aliphatic heterocycles. The highest BCUT2D eigenvalue weighted by molar-refractivity contribution is 5.85. The number of hydrogen-bond donors (Lipinski definition) is 0. The Bertz CT molecular complexity index is 167. The van der Waals surface area contributed by atoms with Crippen molar-refractivity contribution in [1.82, 2.24) is 0 Å². The van der Waals surface area contributed by atoms with Crippen LogP contribution in [-0.4, -0.2) is 19.5 Å². The Morgan fingerprint density at radius 1 is 1.36 bits per heavy atom. The predicted octanol–water partition coefficient (Wildman–Crippen LogP) is 3.05. The normalized spacial score (nSPS) is 15.6. The second-order valence-electron chi connectivity index (χ2n) is 4.27. The van der Waals surface area contributed by atoms with Crippen molar-refractivity contribution in [2.24, 2.45) is 11.3 Å². The van der Waals surface area contributed by atoms with Crippen LogP contribution < -0.4 is 0 Å². The summed E-state index contributed by atoms with van der Waals surface area (Å²) in [6.45, 7) is 8.84. The third-order valence-electron chi connectivity index (χ3n) is 3.08. The number of Topliss-reactive ketones (excluding diaryl/α,β-unsaturated/α-hetero) is 1. The fourth-order valence-corrected chi connectivity index (χ4v) is 2.13. The van der Waals surface area contributed by atoms with Crippen molar-refractivity contribution in [3.63, 3.8) is 0 Å². The Morgan fingerprint density at radius 2 is 1.93 bits per heavy atom. The maximum absolute atomic E-state index is 12.0. The molecule has 0 saturated carbocycles. The third kappa shape index (κ3) is 2.81. The van der Waals surface area contributed by atoms with Gasteiger partial charge in [0.1, 0.15) is 5.78 Å². The van der Waals surface area contributed by atoms with Crippen LogP contribution in [0.25, 0.3) is 0 Å². The summed E-state index contributed by atoms with van der Waals surface area (Å²) in [5.74, 6) is 0.700. The van der Waals surface area contributed by atoms with Crippen LogP contribution >= 0.6 is 0 Å². The molecule has 2 nitrogen and oxygen atoms in total. The van der Waals surface area contributed by atoms with E-state index in [2.05, 4.69) is 20.8 Å². The van der Waals surface area contributed by atoms with E-state index in [-0.39, 0.29) is 5.41 Å². The molecular weight excluding hydrogens is 176 g/mol. The molecule has 0 aromatic rings. The van der Waals surface area contributed by atoms with Crippen molar-refractivity contribution in [1.29, 1.82) is 0 Å². The van der Waals surface area contributed by atoms with Gasteiger partial charge in [0.15, 0.2) is 0 Å². The molecule has 84 valence electrons. The molecule has 0 aromatic heterocycles. The Morgan fingerprint density at radius 3 is 2.21 bits per heavy atom. The molecule has 2 heteroatoms. The summed E-state index contributed by atoms with van der Waals surface area (Å²) in [6, 6.07) is 0. The minimum Gasteiger partial charge on any atom is -0.384 e. The lowest BCUT2D eigenvalue weighted by Gasteiger charge is -2.35. The third-order valence-corrected chi connectivity index (χ3v) is 3.08. The second-order valence-corrected chi connectivity index (χ2v) is 4.27. The number of carbonyl (C=O) groups is 1. The van der Waals surface area contributed by atoms with Crippen molar-refractivity contribution in [2.75, 3.05) is 13.7 Å². The first-order valence-electron chi connectivity index (χ1n) is 5.57. The molecule has 0 aliphatic rings. The van der Waals surface area contributed by atoms with Crippen LogP contribution in [0.3, 0.4) is 0 Å².